The summed E-state index contributed by atoms with van der Waals surface area (Å²) in [7, 11) is -1.90. The van der Waals surface area contributed by atoms with Gasteiger partial charge in [0.2, 0.25) is 10.0 Å². The lowest BCUT2D eigenvalue weighted by molar-refractivity contribution is 0.586. The van der Waals surface area contributed by atoms with Gasteiger partial charge in [0.15, 0.2) is 0 Å². The molecule has 1 aromatic rings. The van der Waals surface area contributed by atoms with Crippen LogP contribution in [0.1, 0.15) is 6.92 Å². The van der Waals surface area contributed by atoms with Crippen LogP contribution >= 0.6 is 11.8 Å². The molecule has 1 N–H and O–H groups in total. The summed E-state index contributed by atoms with van der Waals surface area (Å²) in [6.07, 6.45) is 0. The minimum atomic E-state index is -3.32. The van der Waals surface area contributed by atoms with Gasteiger partial charge < -0.3 is 0 Å². The number of hydrogen-bond acceptors (Lipinski definition) is 3. The van der Waals surface area contributed by atoms with Crippen LogP contribution < -0.4 is 4.72 Å². The Morgan fingerprint density at radius 1 is 1.36 bits per heavy atom. The molecule has 0 bridgehead atoms. The van der Waals surface area contributed by atoms with E-state index in [0.717, 1.165) is 10.6 Å². The topological polar surface area (TPSA) is 46.2 Å². The predicted octanol–water partition coefficient (Wildman–Crippen LogP) is 1.71. The van der Waals surface area contributed by atoms with Crippen LogP contribution in [0.15, 0.2) is 34.1 Å². The molecule has 14 heavy (non-hydrogen) atoms. The van der Waals surface area contributed by atoms with E-state index in [4.69, 9.17) is 0 Å². The van der Waals surface area contributed by atoms with Crippen molar-refractivity contribution in [1.82, 2.24) is 4.72 Å². The van der Waals surface area contributed by atoms with Crippen molar-refractivity contribution in [3.8, 4) is 0 Å². The van der Waals surface area contributed by atoms with Crippen molar-refractivity contribution in [3.05, 3.63) is 24.3 Å². The first kappa shape index (κ1) is 11.6. The maximum Gasteiger partial charge on any atom is 0.241 e. The first-order valence-corrected chi connectivity index (χ1v) is 6.74. The minimum Gasteiger partial charge on any atom is -0.214 e. The van der Waals surface area contributed by atoms with Crippen LogP contribution in [0.4, 0.5) is 0 Å². The number of benzene rings is 1. The van der Waals surface area contributed by atoms with Gasteiger partial charge in [0.25, 0.3) is 0 Å². The van der Waals surface area contributed by atoms with Gasteiger partial charge >= 0.3 is 0 Å². The molecule has 0 aliphatic carbocycles. The molecule has 0 aliphatic heterocycles. The molecule has 0 atom stereocenters. The van der Waals surface area contributed by atoms with E-state index >= 15 is 0 Å². The summed E-state index contributed by atoms with van der Waals surface area (Å²) in [5.41, 5.74) is 0. The number of rotatable bonds is 4. The van der Waals surface area contributed by atoms with Crippen molar-refractivity contribution in [2.75, 3.05) is 12.8 Å². The van der Waals surface area contributed by atoms with Crippen LogP contribution in [0.2, 0.25) is 0 Å². The minimum absolute atomic E-state index is 0.356. The molecule has 0 radical (unpaired) electrons. The molecule has 0 aromatic heterocycles. The highest BCUT2D eigenvalue weighted by Crippen LogP contribution is 2.25. The van der Waals surface area contributed by atoms with E-state index in [0.29, 0.717) is 4.90 Å². The molecule has 0 saturated heterocycles. The smallest absolute Gasteiger partial charge is 0.214 e. The van der Waals surface area contributed by atoms with Crippen LogP contribution in [0.3, 0.4) is 0 Å². The van der Waals surface area contributed by atoms with Crippen LogP contribution in [0.25, 0.3) is 0 Å². The fourth-order valence-electron chi connectivity index (χ4n) is 1.06. The van der Waals surface area contributed by atoms with Crippen LogP contribution in [0.5, 0.6) is 0 Å². The second kappa shape index (κ2) is 4.82. The normalized spacial score (nSPS) is 11.6. The molecule has 3 nitrogen and oxygen atoms in total. The van der Waals surface area contributed by atoms with Gasteiger partial charge in [-0.1, -0.05) is 19.1 Å². The Kier molecular flexibility index (Phi) is 3.97. The Morgan fingerprint density at radius 3 is 2.57 bits per heavy atom. The molecule has 0 spiro atoms. The SMILES string of the molecule is CCSc1ccccc1S(=O)(=O)NC. The Balaban J connectivity index is 3.20. The summed E-state index contributed by atoms with van der Waals surface area (Å²) in [6, 6.07) is 7.00. The number of sulfonamides is 1. The fraction of sp³-hybridized carbons (Fsp3) is 0.333. The van der Waals surface area contributed by atoms with Crippen molar-refractivity contribution < 1.29 is 8.42 Å². The summed E-state index contributed by atoms with van der Waals surface area (Å²) < 4.78 is 25.5. The lowest BCUT2D eigenvalue weighted by Crippen LogP contribution is -2.19. The van der Waals surface area contributed by atoms with Crippen LogP contribution in [-0.2, 0) is 10.0 Å². The summed E-state index contributed by atoms with van der Waals surface area (Å²) in [5.74, 6) is 0.857. The van der Waals surface area contributed by atoms with Gasteiger partial charge in [0, 0.05) is 4.90 Å². The van der Waals surface area contributed by atoms with Gasteiger partial charge in [-0.15, -0.1) is 11.8 Å². The Bertz CT molecular complexity index is 401. The van der Waals surface area contributed by atoms with E-state index < -0.39 is 10.0 Å². The van der Waals surface area contributed by atoms with E-state index in [1.54, 1.807) is 12.1 Å². The average molecular weight is 231 g/mol. The van der Waals surface area contributed by atoms with E-state index in [1.165, 1.54) is 18.8 Å². The maximum atomic E-state index is 11.6. The maximum absolute atomic E-state index is 11.6. The fourth-order valence-corrected chi connectivity index (χ4v) is 3.07. The van der Waals surface area contributed by atoms with Gasteiger partial charge in [-0.25, -0.2) is 13.1 Å². The van der Waals surface area contributed by atoms with E-state index in [9.17, 15) is 8.42 Å². The third-order valence-corrected chi connectivity index (χ3v) is 4.26. The molecular formula is C9H13NO2S2. The largest absolute Gasteiger partial charge is 0.241 e. The van der Waals surface area contributed by atoms with E-state index in [1.807, 2.05) is 19.1 Å². The Labute approximate surface area is 89.0 Å². The van der Waals surface area contributed by atoms with Crippen molar-refractivity contribution >= 4 is 21.8 Å². The predicted molar refractivity (Wildman–Crippen MR) is 59.1 cm³/mol. The molecule has 0 heterocycles. The van der Waals surface area contributed by atoms with Crippen LogP contribution in [0, 0.1) is 0 Å². The lowest BCUT2D eigenvalue weighted by atomic mass is 10.4. The van der Waals surface area contributed by atoms with Crippen molar-refractivity contribution in [2.45, 2.75) is 16.7 Å². The Morgan fingerprint density at radius 2 is 2.00 bits per heavy atom. The highest BCUT2D eigenvalue weighted by atomic mass is 32.2. The average Bonchev–Trinajstić information content (AvgIpc) is 2.19. The number of hydrogen-bond donors (Lipinski definition) is 1. The monoisotopic (exact) mass is 231 g/mol. The second-order valence-electron chi connectivity index (χ2n) is 2.59. The molecule has 0 amide bonds. The molecule has 0 fully saturated rings. The first-order chi connectivity index (χ1) is 6.61. The summed E-state index contributed by atoms with van der Waals surface area (Å²) >= 11 is 1.52. The third-order valence-electron chi connectivity index (χ3n) is 1.71. The quantitative estimate of drug-likeness (QED) is 0.802. The highest BCUT2D eigenvalue weighted by molar-refractivity contribution is 8.00. The zero-order valence-corrected chi connectivity index (χ0v) is 9.78. The summed E-state index contributed by atoms with van der Waals surface area (Å²) in [5, 5.41) is 0. The second-order valence-corrected chi connectivity index (χ2v) is 5.75. The molecule has 0 saturated carbocycles. The Hall–Kier alpha value is -0.520. The van der Waals surface area contributed by atoms with Gasteiger partial charge in [-0.2, -0.15) is 0 Å². The molecule has 5 heteroatoms. The van der Waals surface area contributed by atoms with Gasteiger partial charge in [-0.3, -0.25) is 0 Å². The first-order valence-electron chi connectivity index (χ1n) is 4.27. The number of nitrogens with one attached hydrogen (secondary N) is 1. The number of thioether (sulfide) groups is 1. The van der Waals surface area contributed by atoms with Crippen molar-refractivity contribution in [3.63, 3.8) is 0 Å². The summed E-state index contributed by atoms with van der Waals surface area (Å²) in [4.78, 5) is 1.15. The van der Waals surface area contributed by atoms with Crippen LogP contribution in [-0.4, -0.2) is 21.2 Å². The van der Waals surface area contributed by atoms with Gasteiger partial charge in [-0.05, 0) is 24.9 Å². The molecular weight excluding hydrogens is 218 g/mol. The van der Waals surface area contributed by atoms with Gasteiger partial charge in [0.1, 0.15) is 0 Å². The summed E-state index contributed by atoms with van der Waals surface area (Å²) in [6.45, 7) is 1.99. The zero-order chi connectivity index (χ0) is 10.6. The molecule has 0 aliphatic rings. The van der Waals surface area contributed by atoms with E-state index in [2.05, 4.69) is 4.72 Å². The van der Waals surface area contributed by atoms with Crippen molar-refractivity contribution in [1.29, 1.82) is 0 Å². The molecule has 1 rings (SSSR count). The third kappa shape index (κ3) is 2.50. The van der Waals surface area contributed by atoms with E-state index in [-0.39, 0.29) is 0 Å². The zero-order valence-electron chi connectivity index (χ0n) is 8.15. The molecule has 0 unspecified atom stereocenters. The lowest BCUT2D eigenvalue weighted by Gasteiger charge is -2.07. The van der Waals surface area contributed by atoms with Crippen molar-refractivity contribution in [2.24, 2.45) is 0 Å². The standard InChI is InChI=1S/C9H13NO2S2/c1-3-13-8-6-4-5-7-9(8)14(11,12)10-2/h4-7,10H,3H2,1-2H3. The highest BCUT2D eigenvalue weighted by Gasteiger charge is 2.15. The molecule has 78 valence electrons. The van der Waals surface area contributed by atoms with Gasteiger partial charge in [0.05, 0.1) is 4.90 Å². The molecule has 1 aromatic carbocycles.